The van der Waals surface area contributed by atoms with E-state index in [-0.39, 0.29) is 16.9 Å². The molecule has 0 saturated heterocycles. The number of rotatable bonds is 4. The number of nitrogens with zero attached hydrogens (tertiary/aromatic N) is 4. The summed E-state index contributed by atoms with van der Waals surface area (Å²) in [6, 6.07) is 10.8. The number of thiophene rings is 1. The Hall–Kier alpha value is -3.64. The summed E-state index contributed by atoms with van der Waals surface area (Å²) in [7, 11) is 0. The minimum absolute atomic E-state index is 0.0423. The highest BCUT2D eigenvalue weighted by atomic mass is 32.1. The maximum atomic E-state index is 13.8. The van der Waals surface area contributed by atoms with Crippen LogP contribution in [0.4, 0.5) is 13.8 Å². The Labute approximate surface area is 192 Å². The van der Waals surface area contributed by atoms with E-state index in [0.29, 0.717) is 21.8 Å². The lowest BCUT2D eigenvalue weighted by molar-refractivity contribution is 0.102. The Kier molecular flexibility index (Phi) is 5.38. The van der Waals surface area contributed by atoms with Gasteiger partial charge in [0.25, 0.3) is 12.3 Å². The van der Waals surface area contributed by atoms with Crippen LogP contribution in [-0.2, 0) is 12.8 Å². The van der Waals surface area contributed by atoms with Crippen molar-refractivity contribution in [2.75, 3.05) is 5.32 Å². The van der Waals surface area contributed by atoms with Gasteiger partial charge in [-0.05, 0) is 44.2 Å². The Morgan fingerprint density at radius 2 is 2.00 bits per heavy atom. The van der Waals surface area contributed by atoms with Gasteiger partial charge in [-0.15, -0.1) is 11.3 Å². The largest absolute Gasteiger partial charge is 0.312 e. The summed E-state index contributed by atoms with van der Waals surface area (Å²) in [6.45, 7) is 1.93. The first-order chi connectivity index (χ1) is 16.0. The second kappa shape index (κ2) is 8.37. The number of anilines is 1. The van der Waals surface area contributed by atoms with Crippen LogP contribution in [0.5, 0.6) is 0 Å². The smallest absolute Gasteiger partial charge is 0.280 e. The molecule has 4 aromatic rings. The van der Waals surface area contributed by atoms with Crippen LogP contribution in [0.15, 0.2) is 36.5 Å². The highest BCUT2D eigenvalue weighted by Crippen LogP contribution is 2.38. The zero-order chi connectivity index (χ0) is 23.1. The predicted octanol–water partition coefficient (Wildman–Crippen LogP) is 5.71. The molecule has 9 heteroatoms. The van der Waals surface area contributed by atoms with E-state index < -0.39 is 12.3 Å². The lowest BCUT2D eigenvalue weighted by Crippen LogP contribution is -2.13. The van der Waals surface area contributed by atoms with Crippen LogP contribution in [0.1, 0.15) is 56.9 Å². The number of carbonyl (C=O) groups is 1. The molecule has 0 bridgehead atoms. The Morgan fingerprint density at radius 1 is 1.24 bits per heavy atom. The van der Waals surface area contributed by atoms with E-state index in [4.69, 9.17) is 0 Å². The van der Waals surface area contributed by atoms with Gasteiger partial charge < -0.3 is 5.32 Å². The number of nitrogens with one attached hydrogen (secondary N) is 1. The SMILES string of the molecule is Cc1ccc(-c2cc(C(F)F)n3ncc(C(=O)Nc4sc5c(c4C#N)CCCC5)c3n2)cc1. The normalized spacial score (nSPS) is 13.2. The van der Waals surface area contributed by atoms with Gasteiger partial charge in [0.2, 0.25) is 0 Å². The van der Waals surface area contributed by atoms with Crippen molar-refractivity contribution in [2.45, 2.75) is 39.0 Å². The first kappa shape index (κ1) is 21.2. The Bertz CT molecular complexity index is 1420. The summed E-state index contributed by atoms with van der Waals surface area (Å²) in [5.41, 5.74) is 3.28. The number of nitriles is 1. The summed E-state index contributed by atoms with van der Waals surface area (Å²) < 4.78 is 28.6. The zero-order valence-corrected chi connectivity index (χ0v) is 18.5. The van der Waals surface area contributed by atoms with Gasteiger partial charge >= 0.3 is 0 Å². The van der Waals surface area contributed by atoms with Gasteiger partial charge in [-0.3, -0.25) is 4.79 Å². The minimum atomic E-state index is -2.80. The number of halogens is 2. The van der Waals surface area contributed by atoms with Crippen molar-refractivity contribution < 1.29 is 13.6 Å². The summed E-state index contributed by atoms with van der Waals surface area (Å²) >= 11 is 1.40. The molecule has 1 aromatic carbocycles. The van der Waals surface area contributed by atoms with E-state index in [0.717, 1.165) is 46.2 Å². The summed E-state index contributed by atoms with van der Waals surface area (Å²) in [5, 5.41) is 17.0. The van der Waals surface area contributed by atoms with Crippen LogP contribution in [0.25, 0.3) is 16.9 Å². The number of amides is 1. The maximum Gasteiger partial charge on any atom is 0.280 e. The summed E-state index contributed by atoms with van der Waals surface area (Å²) in [4.78, 5) is 18.8. The third kappa shape index (κ3) is 3.76. The third-order valence-electron chi connectivity index (χ3n) is 5.83. The molecular weight excluding hydrogens is 444 g/mol. The van der Waals surface area contributed by atoms with Crippen LogP contribution >= 0.6 is 11.3 Å². The molecule has 3 heterocycles. The number of alkyl halides is 2. The van der Waals surface area contributed by atoms with E-state index in [9.17, 15) is 18.8 Å². The molecule has 5 rings (SSSR count). The number of hydrogen-bond donors (Lipinski definition) is 1. The second-order valence-electron chi connectivity index (χ2n) is 8.01. The Morgan fingerprint density at radius 3 is 2.73 bits per heavy atom. The van der Waals surface area contributed by atoms with Crippen LogP contribution in [0, 0.1) is 18.3 Å². The van der Waals surface area contributed by atoms with Crippen molar-refractivity contribution in [1.82, 2.24) is 14.6 Å². The van der Waals surface area contributed by atoms with Crippen LogP contribution < -0.4 is 5.32 Å². The molecule has 0 atom stereocenters. The number of fused-ring (bicyclic) bond motifs is 2. The molecule has 1 N–H and O–H groups in total. The first-order valence-corrected chi connectivity index (χ1v) is 11.4. The molecule has 166 valence electrons. The van der Waals surface area contributed by atoms with Gasteiger partial charge in [0.05, 0.1) is 17.5 Å². The molecule has 1 aliphatic rings. The molecule has 1 aliphatic carbocycles. The van der Waals surface area contributed by atoms with Gasteiger partial charge in [-0.2, -0.15) is 10.4 Å². The molecule has 0 saturated carbocycles. The van der Waals surface area contributed by atoms with E-state index in [1.165, 1.54) is 23.6 Å². The number of aryl methyl sites for hydroxylation is 2. The van der Waals surface area contributed by atoms with Crippen LogP contribution in [0.3, 0.4) is 0 Å². The summed E-state index contributed by atoms with van der Waals surface area (Å²) in [5.74, 6) is -0.533. The van der Waals surface area contributed by atoms with Crippen molar-refractivity contribution in [3.8, 4) is 17.3 Å². The topological polar surface area (TPSA) is 83.1 Å². The molecule has 33 heavy (non-hydrogen) atoms. The van der Waals surface area contributed by atoms with Gasteiger partial charge in [-0.25, -0.2) is 18.3 Å². The maximum absolute atomic E-state index is 13.8. The fourth-order valence-electron chi connectivity index (χ4n) is 4.12. The van der Waals surface area contributed by atoms with Crippen molar-refractivity contribution >= 4 is 27.9 Å². The zero-order valence-electron chi connectivity index (χ0n) is 17.7. The average Bonchev–Trinajstić information content (AvgIpc) is 3.39. The molecule has 0 spiro atoms. The van der Waals surface area contributed by atoms with E-state index in [1.807, 2.05) is 19.1 Å². The number of benzene rings is 1. The summed E-state index contributed by atoms with van der Waals surface area (Å²) in [6.07, 6.45) is 2.22. The van der Waals surface area contributed by atoms with Crippen molar-refractivity contribution in [2.24, 2.45) is 0 Å². The highest BCUT2D eigenvalue weighted by Gasteiger charge is 2.25. The van der Waals surface area contributed by atoms with E-state index >= 15 is 0 Å². The molecular formula is C24H19F2N5OS. The molecule has 0 unspecified atom stereocenters. The standard InChI is InChI=1S/C24H19F2N5OS/c1-13-6-8-14(9-7-13)18-10-19(21(25)26)31-22(29-18)17(12-28-31)23(32)30-24-16(11-27)15-4-2-3-5-20(15)33-24/h6-10,12,21H,2-5H2,1H3,(H,30,32). The first-order valence-electron chi connectivity index (χ1n) is 10.6. The third-order valence-corrected chi connectivity index (χ3v) is 7.03. The van der Waals surface area contributed by atoms with Gasteiger partial charge in [-0.1, -0.05) is 29.8 Å². The molecule has 0 fully saturated rings. The van der Waals surface area contributed by atoms with E-state index in [2.05, 4.69) is 21.5 Å². The van der Waals surface area contributed by atoms with Crippen LogP contribution in [0.2, 0.25) is 0 Å². The van der Waals surface area contributed by atoms with Gasteiger partial charge in [0, 0.05) is 10.4 Å². The van der Waals surface area contributed by atoms with Crippen molar-refractivity contribution in [3.63, 3.8) is 0 Å². The Balaban J connectivity index is 1.57. The van der Waals surface area contributed by atoms with E-state index in [1.54, 1.807) is 12.1 Å². The van der Waals surface area contributed by atoms with Crippen LogP contribution in [-0.4, -0.2) is 20.5 Å². The highest BCUT2D eigenvalue weighted by molar-refractivity contribution is 7.16. The second-order valence-corrected chi connectivity index (χ2v) is 9.11. The number of carbonyl (C=O) groups excluding carboxylic acids is 1. The number of aromatic nitrogens is 3. The lowest BCUT2D eigenvalue weighted by Gasteiger charge is -2.09. The molecule has 6 nitrogen and oxygen atoms in total. The van der Waals surface area contributed by atoms with Crippen molar-refractivity contribution in [3.05, 3.63) is 69.4 Å². The predicted molar refractivity (Wildman–Crippen MR) is 122 cm³/mol. The fourth-order valence-corrected chi connectivity index (χ4v) is 5.35. The quantitative estimate of drug-likeness (QED) is 0.420. The van der Waals surface area contributed by atoms with Gasteiger partial charge in [0.1, 0.15) is 22.3 Å². The molecule has 0 aliphatic heterocycles. The molecule has 0 radical (unpaired) electrons. The number of hydrogen-bond acceptors (Lipinski definition) is 5. The molecule has 1 amide bonds. The van der Waals surface area contributed by atoms with Gasteiger partial charge in [0.15, 0.2) is 5.65 Å². The fraction of sp³-hybridized carbons (Fsp3) is 0.250. The molecule has 3 aromatic heterocycles. The van der Waals surface area contributed by atoms with Crippen molar-refractivity contribution in [1.29, 1.82) is 5.26 Å². The monoisotopic (exact) mass is 463 g/mol. The average molecular weight is 464 g/mol. The minimum Gasteiger partial charge on any atom is -0.312 e. The lowest BCUT2D eigenvalue weighted by atomic mass is 9.96.